The van der Waals surface area contributed by atoms with E-state index in [1.807, 2.05) is 6.92 Å². The molecular formula is C13H20FNO3S. The summed E-state index contributed by atoms with van der Waals surface area (Å²) in [5.74, 6) is -0.178. The van der Waals surface area contributed by atoms with Gasteiger partial charge in [0.1, 0.15) is 21.4 Å². The lowest BCUT2D eigenvalue weighted by atomic mass is 10.1. The van der Waals surface area contributed by atoms with Gasteiger partial charge in [0.05, 0.1) is 12.9 Å². The molecule has 4 nitrogen and oxygen atoms in total. The van der Waals surface area contributed by atoms with Crippen LogP contribution in [0.15, 0.2) is 18.2 Å². The van der Waals surface area contributed by atoms with Crippen molar-refractivity contribution in [3.8, 4) is 5.75 Å². The van der Waals surface area contributed by atoms with Gasteiger partial charge in [-0.05, 0) is 19.0 Å². The van der Waals surface area contributed by atoms with Gasteiger partial charge in [-0.25, -0.2) is 12.8 Å². The normalized spacial score (nSPS) is 13.3. The number of sulfone groups is 1. The van der Waals surface area contributed by atoms with E-state index in [0.29, 0.717) is 17.9 Å². The van der Waals surface area contributed by atoms with Crippen LogP contribution in [-0.4, -0.2) is 34.1 Å². The summed E-state index contributed by atoms with van der Waals surface area (Å²) in [5, 5.41) is 3.06. The molecule has 0 saturated carbocycles. The van der Waals surface area contributed by atoms with Gasteiger partial charge in [0.15, 0.2) is 0 Å². The van der Waals surface area contributed by atoms with Gasteiger partial charge in [0.25, 0.3) is 0 Å². The summed E-state index contributed by atoms with van der Waals surface area (Å²) in [4.78, 5) is 0. The average Bonchev–Trinajstić information content (AvgIpc) is 2.33. The number of ether oxygens (including phenoxy) is 1. The molecule has 0 aliphatic carbocycles. The van der Waals surface area contributed by atoms with Gasteiger partial charge < -0.3 is 10.1 Å². The van der Waals surface area contributed by atoms with Crippen molar-refractivity contribution in [2.45, 2.75) is 19.4 Å². The third-order valence-electron chi connectivity index (χ3n) is 2.69. The fourth-order valence-electron chi connectivity index (χ4n) is 1.80. The van der Waals surface area contributed by atoms with Crippen LogP contribution in [0.3, 0.4) is 0 Å². The highest BCUT2D eigenvalue weighted by Crippen LogP contribution is 2.23. The Morgan fingerprint density at radius 3 is 2.58 bits per heavy atom. The van der Waals surface area contributed by atoms with Crippen LogP contribution in [0, 0.1) is 5.82 Å². The fraction of sp³-hybridized carbons (Fsp3) is 0.538. The first kappa shape index (κ1) is 15.9. The fourth-order valence-corrected chi connectivity index (χ4v) is 2.70. The number of methoxy groups -OCH3 is 1. The Labute approximate surface area is 113 Å². The molecule has 1 aromatic carbocycles. The third-order valence-corrected chi connectivity index (χ3v) is 3.63. The van der Waals surface area contributed by atoms with E-state index in [1.54, 1.807) is 12.1 Å². The second-order valence-corrected chi connectivity index (χ2v) is 6.67. The number of benzene rings is 1. The molecule has 0 aliphatic heterocycles. The standard InChI is InChI=1S/C13H20FNO3S/c1-4-7-15-13(9-19(3,16)17)11-6-5-10(18-2)8-12(11)14/h5-6,8,13,15H,4,7,9H2,1-3H3. The summed E-state index contributed by atoms with van der Waals surface area (Å²) in [6.07, 6.45) is 1.99. The van der Waals surface area contributed by atoms with Crippen LogP contribution in [0.4, 0.5) is 4.39 Å². The lowest BCUT2D eigenvalue weighted by Crippen LogP contribution is -2.29. The van der Waals surface area contributed by atoms with E-state index in [0.717, 1.165) is 12.7 Å². The van der Waals surface area contributed by atoms with Crippen molar-refractivity contribution < 1.29 is 17.5 Å². The monoisotopic (exact) mass is 289 g/mol. The minimum Gasteiger partial charge on any atom is -0.497 e. The molecule has 1 rings (SSSR count). The van der Waals surface area contributed by atoms with E-state index in [1.165, 1.54) is 13.2 Å². The predicted octanol–water partition coefficient (Wildman–Crippen LogP) is 1.92. The first-order chi connectivity index (χ1) is 8.87. The van der Waals surface area contributed by atoms with Crippen molar-refractivity contribution in [3.63, 3.8) is 0 Å². The summed E-state index contributed by atoms with van der Waals surface area (Å²) in [7, 11) is -1.74. The zero-order valence-electron chi connectivity index (χ0n) is 11.4. The average molecular weight is 289 g/mol. The summed E-state index contributed by atoms with van der Waals surface area (Å²) >= 11 is 0. The SMILES string of the molecule is CCCNC(CS(C)(=O)=O)c1ccc(OC)cc1F. The largest absolute Gasteiger partial charge is 0.497 e. The van der Waals surface area contributed by atoms with Crippen molar-refractivity contribution in [3.05, 3.63) is 29.6 Å². The molecule has 1 N–H and O–H groups in total. The summed E-state index contributed by atoms with van der Waals surface area (Å²) < 4.78 is 41.8. The van der Waals surface area contributed by atoms with E-state index < -0.39 is 21.7 Å². The molecule has 19 heavy (non-hydrogen) atoms. The van der Waals surface area contributed by atoms with Crippen molar-refractivity contribution in [2.24, 2.45) is 0 Å². The molecule has 0 bridgehead atoms. The van der Waals surface area contributed by atoms with E-state index >= 15 is 0 Å². The number of nitrogens with one attached hydrogen (secondary N) is 1. The molecule has 0 spiro atoms. The third kappa shape index (κ3) is 5.16. The molecule has 1 unspecified atom stereocenters. The molecule has 0 saturated heterocycles. The number of rotatable bonds is 7. The predicted molar refractivity (Wildman–Crippen MR) is 73.7 cm³/mol. The Morgan fingerprint density at radius 2 is 2.11 bits per heavy atom. The molecule has 1 aromatic rings. The van der Waals surface area contributed by atoms with Crippen LogP contribution in [0.2, 0.25) is 0 Å². The minimum atomic E-state index is -3.19. The van der Waals surface area contributed by atoms with Crippen molar-refractivity contribution in [1.29, 1.82) is 0 Å². The topological polar surface area (TPSA) is 55.4 Å². The van der Waals surface area contributed by atoms with Crippen LogP contribution in [0.25, 0.3) is 0 Å². The first-order valence-electron chi connectivity index (χ1n) is 6.12. The van der Waals surface area contributed by atoms with E-state index in [4.69, 9.17) is 4.74 Å². The highest BCUT2D eigenvalue weighted by molar-refractivity contribution is 7.90. The van der Waals surface area contributed by atoms with Crippen molar-refractivity contribution in [2.75, 3.05) is 25.7 Å². The lowest BCUT2D eigenvalue weighted by molar-refractivity contribution is 0.409. The Kier molecular flexibility index (Phi) is 5.75. The van der Waals surface area contributed by atoms with E-state index in [-0.39, 0.29) is 5.75 Å². The van der Waals surface area contributed by atoms with Gasteiger partial charge >= 0.3 is 0 Å². The molecule has 0 aliphatic rings. The van der Waals surface area contributed by atoms with Crippen molar-refractivity contribution >= 4 is 9.84 Å². The zero-order valence-corrected chi connectivity index (χ0v) is 12.3. The molecule has 6 heteroatoms. The molecule has 0 amide bonds. The van der Waals surface area contributed by atoms with Crippen LogP contribution < -0.4 is 10.1 Å². The van der Waals surface area contributed by atoms with Gasteiger partial charge in [-0.15, -0.1) is 0 Å². The van der Waals surface area contributed by atoms with Crippen LogP contribution in [0.5, 0.6) is 5.75 Å². The highest BCUT2D eigenvalue weighted by Gasteiger charge is 2.20. The minimum absolute atomic E-state index is 0.129. The number of hydrogen-bond acceptors (Lipinski definition) is 4. The second-order valence-electron chi connectivity index (χ2n) is 4.49. The summed E-state index contributed by atoms with van der Waals surface area (Å²) in [6.45, 7) is 2.60. The van der Waals surface area contributed by atoms with Gasteiger partial charge in [0, 0.05) is 23.9 Å². The number of hydrogen-bond donors (Lipinski definition) is 1. The maximum atomic E-state index is 14.0. The first-order valence-corrected chi connectivity index (χ1v) is 8.18. The zero-order chi connectivity index (χ0) is 14.5. The van der Waals surface area contributed by atoms with Crippen LogP contribution in [-0.2, 0) is 9.84 Å². The van der Waals surface area contributed by atoms with Gasteiger partial charge in [0.2, 0.25) is 0 Å². The Balaban J connectivity index is 3.02. The second kappa shape index (κ2) is 6.86. The maximum Gasteiger partial charge on any atom is 0.149 e. The Morgan fingerprint density at radius 1 is 1.42 bits per heavy atom. The molecule has 0 heterocycles. The molecule has 108 valence electrons. The Bertz CT molecular complexity index is 517. The Hall–Kier alpha value is -1.14. The summed E-state index contributed by atoms with van der Waals surface area (Å²) in [5.41, 5.74) is 0.347. The van der Waals surface area contributed by atoms with Gasteiger partial charge in [-0.1, -0.05) is 13.0 Å². The lowest BCUT2D eigenvalue weighted by Gasteiger charge is -2.19. The van der Waals surface area contributed by atoms with E-state index in [2.05, 4.69) is 5.32 Å². The molecule has 0 radical (unpaired) electrons. The van der Waals surface area contributed by atoms with Gasteiger partial charge in [-0.2, -0.15) is 0 Å². The van der Waals surface area contributed by atoms with Crippen LogP contribution in [0.1, 0.15) is 24.9 Å². The molecule has 1 atom stereocenters. The van der Waals surface area contributed by atoms with E-state index in [9.17, 15) is 12.8 Å². The smallest absolute Gasteiger partial charge is 0.149 e. The summed E-state index contributed by atoms with van der Waals surface area (Å²) in [6, 6.07) is 3.91. The molecular weight excluding hydrogens is 269 g/mol. The number of halogens is 1. The quantitative estimate of drug-likeness (QED) is 0.833. The highest BCUT2D eigenvalue weighted by atomic mass is 32.2. The molecule has 0 fully saturated rings. The molecule has 0 aromatic heterocycles. The maximum absolute atomic E-state index is 14.0. The van der Waals surface area contributed by atoms with Crippen LogP contribution >= 0.6 is 0 Å². The van der Waals surface area contributed by atoms with Gasteiger partial charge in [-0.3, -0.25) is 0 Å². The van der Waals surface area contributed by atoms with Crippen molar-refractivity contribution in [1.82, 2.24) is 5.32 Å².